The average molecular weight is 413 g/mol. The molecule has 0 bridgehead atoms. The third-order valence-corrected chi connectivity index (χ3v) is 5.18. The molecule has 0 radical (unpaired) electrons. The maximum Gasteiger partial charge on any atom is 0.258 e. The summed E-state index contributed by atoms with van der Waals surface area (Å²) in [4.78, 5) is 12.5. The normalized spacial score (nSPS) is 20.3. The van der Waals surface area contributed by atoms with E-state index in [0.29, 0.717) is 11.3 Å². The summed E-state index contributed by atoms with van der Waals surface area (Å²) < 4.78 is 26.7. The first-order valence-corrected chi connectivity index (χ1v) is 10.8. The van der Waals surface area contributed by atoms with Gasteiger partial charge >= 0.3 is 0 Å². The number of hydrogen-bond donors (Lipinski definition) is 3. The number of aliphatic hydroxyl groups is 1. The molecule has 1 saturated carbocycles. The van der Waals surface area contributed by atoms with Crippen LogP contribution >= 0.6 is 11.6 Å². The number of rotatable bonds is 5. The molecule has 1 unspecified atom stereocenters. The van der Waals surface area contributed by atoms with Gasteiger partial charge in [0, 0.05) is 16.9 Å². The highest BCUT2D eigenvalue weighted by Crippen LogP contribution is 2.28. The maximum atomic E-state index is 12.5. The fraction of sp³-hybridized carbons (Fsp3) is 0.412. The van der Waals surface area contributed by atoms with Gasteiger partial charge < -0.3 is 10.4 Å². The van der Waals surface area contributed by atoms with Gasteiger partial charge in [-0.05, 0) is 31.0 Å². The zero-order valence-corrected chi connectivity index (χ0v) is 16.3. The minimum Gasteiger partial charge on any atom is -0.391 e. The zero-order valence-electron chi connectivity index (χ0n) is 14.7. The largest absolute Gasteiger partial charge is 0.391 e. The Hall–Kier alpha value is -2.10. The van der Waals surface area contributed by atoms with Crippen LogP contribution in [0.1, 0.15) is 42.1 Å². The number of nitrogens with zero attached hydrogens (tertiary/aromatic N) is 2. The van der Waals surface area contributed by atoms with E-state index in [1.807, 2.05) is 0 Å². The molecule has 0 aliphatic heterocycles. The summed E-state index contributed by atoms with van der Waals surface area (Å²) in [5, 5.41) is 17.3. The Morgan fingerprint density at radius 2 is 1.96 bits per heavy atom. The molecule has 27 heavy (non-hydrogen) atoms. The van der Waals surface area contributed by atoms with Crippen molar-refractivity contribution in [3.8, 4) is 0 Å². The molecule has 1 fully saturated rings. The second kappa shape index (κ2) is 7.87. The minimum atomic E-state index is -3.46. The molecule has 1 aromatic heterocycles. The van der Waals surface area contributed by atoms with Gasteiger partial charge in [-0.3, -0.25) is 14.2 Å². The van der Waals surface area contributed by atoms with Gasteiger partial charge in [0.05, 0.1) is 35.8 Å². The Labute approximate surface area is 162 Å². The Morgan fingerprint density at radius 3 is 2.67 bits per heavy atom. The van der Waals surface area contributed by atoms with Crippen LogP contribution < -0.4 is 10.0 Å². The predicted octanol–water partition coefficient (Wildman–Crippen LogP) is 2.64. The van der Waals surface area contributed by atoms with Crippen LogP contribution in [-0.2, 0) is 10.0 Å². The van der Waals surface area contributed by atoms with Crippen LogP contribution in [0.15, 0.2) is 30.6 Å². The second-order valence-electron chi connectivity index (χ2n) is 6.69. The molecular formula is C17H21ClN4O4S. The summed E-state index contributed by atoms with van der Waals surface area (Å²) in [6.07, 6.45) is 7.16. The van der Waals surface area contributed by atoms with Gasteiger partial charge in [-0.1, -0.05) is 24.4 Å². The molecule has 0 saturated heterocycles. The van der Waals surface area contributed by atoms with E-state index < -0.39 is 22.0 Å². The van der Waals surface area contributed by atoms with Crippen molar-refractivity contribution in [3.05, 3.63) is 41.2 Å². The van der Waals surface area contributed by atoms with Gasteiger partial charge in [0.1, 0.15) is 0 Å². The number of halogens is 1. The fourth-order valence-corrected chi connectivity index (χ4v) is 3.96. The quantitative estimate of drug-likeness (QED) is 0.698. The highest BCUT2D eigenvalue weighted by molar-refractivity contribution is 7.92. The Kier molecular flexibility index (Phi) is 5.73. The molecule has 8 nitrogen and oxygen atoms in total. The molecule has 1 amide bonds. The lowest BCUT2D eigenvalue weighted by Gasteiger charge is -2.27. The van der Waals surface area contributed by atoms with Gasteiger partial charge in [0.15, 0.2) is 0 Å². The van der Waals surface area contributed by atoms with Gasteiger partial charge in [-0.25, -0.2) is 8.42 Å². The molecule has 0 spiro atoms. The molecule has 1 aliphatic rings. The maximum absolute atomic E-state index is 12.5. The van der Waals surface area contributed by atoms with E-state index >= 15 is 0 Å². The molecule has 2 atom stereocenters. The highest BCUT2D eigenvalue weighted by atomic mass is 35.5. The van der Waals surface area contributed by atoms with Crippen molar-refractivity contribution in [2.45, 2.75) is 37.8 Å². The highest BCUT2D eigenvalue weighted by Gasteiger charge is 2.25. The summed E-state index contributed by atoms with van der Waals surface area (Å²) in [6, 6.07) is 4.31. The number of sulfonamides is 1. The molecule has 1 heterocycles. The monoisotopic (exact) mass is 412 g/mol. The number of carbonyl (C=O) groups is 1. The van der Waals surface area contributed by atoms with Crippen molar-refractivity contribution < 1.29 is 18.3 Å². The van der Waals surface area contributed by atoms with E-state index in [4.69, 9.17) is 11.6 Å². The van der Waals surface area contributed by atoms with E-state index in [1.54, 1.807) is 10.9 Å². The molecule has 10 heteroatoms. The predicted molar refractivity (Wildman–Crippen MR) is 104 cm³/mol. The average Bonchev–Trinajstić information content (AvgIpc) is 3.03. The topological polar surface area (TPSA) is 113 Å². The number of carbonyl (C=O) groups excluding carboxylic acids is 1. The summed E-state index contributed by atoms with van der Waals surface area (Å²) >= 11 is 6.00. The lowest BCUT2D eigenvalue weighted by molar-refractivity contribution is 0.0693. The van der Waals surface area contributed by atoms with Crippen LogP contribution in [0.2, 0.25) is 5.02 Å². The number of hydrogen-bond acceptors (Lipinski definition) is 5. The van der Waals surface area contributed by atoms with Crippen LogP contribution in [0.3, 0.4) is 0 Å². The number of anilines is 2. The van der Waals surface area contributed by atoms with Crippen molar-refractivity contribution in [2.75, 3.05) is 16.3 Å². The smallest absolute Gasteiger partial charge is 0.258 e. The number of aromatic nitrogens is 2. The van der Waals surface area contributed by atoms with Crippen LogP contribution in [0, 0.1) is 0 Å². The molecule has 1 aromatic carbocycles. The van der Waals surface area contributed by atoms with Crippen molar-refractivity contribution in [3.63, 3.8) is 0 Å². The zero-order chi connectivity index (χ0) is 19.6. The van der Waals surface area contributed by atoms with Gasteiger partial charge in [-0.2, -0.15) is 5.10 Å². The standard InChI is InChI=1S/C17H21ClN4O4S/c1-27(25,26)21-14-7-12(18)6-13(8-14)20-17(24)11-9-19-22(10-11)15-4-2-3-5-16(15)23/h6-10,15-16,21,23H,2-5H2,1H3,(H,20,24)/t15?,16-/m0/s1. The van der Waals surface area contributed by atoms with Crippen LogP contribution in [0.5, 0.6) is 0 Å². The fourth-order valence-electron chi connectivity index (χ4n) is 3.18. The van der Waals surface area contributed by atoms with Crippen molar-refractivity contribution in [2.24, 2.45) is 0 Å². The Balaban J connectivity index is 1.74. The Bertz CT molecular complexity index is 944. The third-order valence-electron chi connectivity index (χ3n) is 4.36. The molecule has 146 valence electrons. The lowest BCUT2D eigenvalue weighted by atomic mass is 9.93. The van der Waals surface area contributed by atoms with Crippen molar-refractivity contribution in [1.29, 1.82) is 0 Å². The van der Waals surface area contributed by atoms with E-state index in [1.165, 1.54) is 24.4 Å². The van der Waals surface area contributed by atoms with Gasteiger partial charge in [0.25, 0.3) is 5.91 Å². The molecule has 1 aliphatic carbocycles. The third kappa shape index (κ3) is 5.21. The van der Waals surface area contributed by atoms with Crippen molar-refractivity contribution in [1.82, 2.24) is 9.78 Å². The van der Waals surface area contributed by atoms with Crippen molar-refractivity contribution >= 4 is 38.9 Å². The molecule has 3 N–H and O–H groups in total. The number of nitrogens with one attached hydrogen (secondary N) is 2. The Morgan fingerprint density at radius 1 is 1.26 bits per heavy atom. The molecular weight excluding hydrogens is 392 g/mol. The molecule has 2 aromatic rings. The SMILES string of the molecule is CS(=O)(=O)Nc1cc(Cl)cc(NC(=O)c2cnn(C3CCCC[C@@H]3O)c2)c1. The summed E-state index contributed by atoms with van der Waals surface area (Å²) in [5.41, 5.74) is 0.941. The van der Waals surface area contributed by atoms with Crippen LogP contribution in [0.25, 0.3) is 0 Å². The first-order valence-electron chi connectivity index (χ1n) is 8.53. The van der Waals surface area contributed by atoms with Gasteiger partial charge in [0.2, 0.25) is 10.0 Å². The van der Waals surface area contributed by atoms with Crippen LogP contribution in [-0.4, -0.2) is 41.6 Å². The van der Waals surface area contributed by atoms with Gasteiger partial charge in [-0.15, -0.1) is 0 Å². The number of aliphatic hydroxyl groups excluding tert-OH is 1. The first kappa shape index (κ1) is 19.7. The first-order chi connectivity index (χ1) is 12.7. The van der Waals surface area contributed by atoms with E-state index in [-0.39, 0.29) is 16.8 Å². The number of benzene rings is 1. The molecule has 3 rings (SSSR count). The second-order valence-corrected chi connectivity index (χ2v) is 8.87. The lowest BCUT2D eigenvalue weighted by Crippen LogP contribution is -2.27. The minimum absolute atomic E-state index is 0.128. The van der Waals surface area contributed by atoms with Crippen LogP contribution in [0.4, 0.5) is 11.4 Å². The number of amides is 1. The van der Waals surface area contributed by atoms with E-state index in [9.17, 15) is 18.3 Å². The van der Waals surface area contributed by atoms with E-state index in [0.717, 1.165) is 31.9 Å². The summed E-state index contributed by atoms with van der Waals surface area (Å²) in [5.74, 6) is -0.404. The summed E-state index contributed by atoms with van der Waals surface area (Å²) in [7, 11) is -3.46. The summed E-state index contributed by atoms with van der Waals surface area (Å²) in [6.45, 7) is 0. The van der Waals surface area contributed by atoms with E-state index in [2.05, 4.69) is 15.1 Å².